The molecule has 0 saturated carbocycles. The Morgan fingerprint density at radius 2 is 1.56 bits per heavy atom. The van der Waals surface area contributed by atoms with E-state index in [9.17, 15) is 32.4 Å². The van der Waals surface area contributed by atoms with Crippen LogP contribution in [0.3, 0.4) is 0 Å². The summed E-state index contributed by atoms with van der Waals surface area (Å²) < 4.78 is 58.6. The number of anilines is 1. The third kappa shape index (κ3) is 6.69. The van der Waals surface area contributed by atoms with E-state index >= 15 is 0 Å². The van der Waals surface area contributed by atoms with E-state index in [2.05, 4.69) is 11.0 Å². The van der Waals surface area contributed by atoms with Gasteiger partial charge in [-0.1, -0.05) is 54.6 Å². The molecule has 12 heteroatoms. The van der Waals surface area contributed by atoms with Gasteiger partial charge in [-0.05, 0) is 36.2 Å². The Morgan fingerprint density at radius 1 is 0.889 bits per heavy atom. The average molecular weight is 621 g/mol. The molecular weight excluding hydrogens is 588 g/mol. The first kappa shape index (κ1) is 31.7. The second-order valence-corrected chi connectivity index (χ2v) is 11.0. The number of halogens is 4. The second kappa shape index (κ2) is 13.1. The number of rotatable bonds is 8. The van der Waals surface area contributed by atoms with Gasteiger partial charge in [0.2, 0.25) is 0 Å². The van der Waals surface area contributed by atoms with Gasteiger partial charge in [-0.15, -0.1) is 0 Å². The van der Waals surface area contributed by atoms with Gasteiger partial charge < -0.3 is 10.6 Å². The van der Waals surface area contributed by atoms with Crippen molar-refractivity contribution in [3.63, 3.8) is 0 Å². The van der Waals surface area contributed by atoms with Gasteiger partial charge in [0.25, 0.3) is 5.56 Å². The summed E-state index contributed by atoms with van der Waals surface area (Å²) in [5.74, 6) is -1.11. The molecular formula is C33H32F4N6O2. The zero-order valence-electron chi connectivity index (χ0n) is 24.6. The molecule has 3 aromatic carbocycles. The van der Waals surface area contributed by atoms with Gasteiger partial charge in [0.15, 0.2) is 0 Å². The van der Waals surface area contributed by atoms with Crippen LogP contribution in [0.1, 0.15) is 39.6 Å². The minimum Gasteiger partial charge on any atom is -0.363 e. The van der Waals surface area contributed by atoms with Crippen LogP contribution in [0.15, 0.2) is 82.4 Å². The Kier molecular flexibility index (Phi) is 9.22. The van der Waals surface area contributed by atoms with Crippen LogP contribution in [0, 0.1) is 24.1 Å². The number of piperazine rings is 1. The molecule has 1 fully saturated rings. The van der Waals surface area contributed by atoms with Gasteiger partial charge in [0.1, 0.15) is 11.5 Å². The molecule has 0 aliphatic carbocycles. The fourth-order valence-corrected chi connectivity index (χ4v) is 5.78. The predicted molar refractivity (Wildman–Crippen MR) is 162 cm³/mol. The molecule has 1 aliphatic rings. The van der Waals surface area contributed by atoms with Crippen LogP contribution in [0.2, 0.25) is 0 Å². The molecule has 1 atom stereocenters. The minimum atomic E-state index is -4.86. The first-order chi connectivity index (χ1) is 21.5. The van der Waals surface area contributed by atoms with Gasteiger partial charge in [0.05, 0.1) is 30.3 Å². The fraction of sp³-hybridized carbons (Fsp3) is 0.303. The van der Waals surface area contributed by atoms with E-state index in [-0.39, 0.29) is 17.9 Å². The molecule has 2 N–H and O–H groups in total. The largest absolute Gasteiger partial charge is 0.416 e. The SMILES string of the molecule is Cc1c(N2CCN(Cc3ccccc3C#N)CC2)c(=O)n(C[C@H](N)c2ccccc2)c(=O)n1Cc1c(F)cccc1C(F)(F)F. The molecule has 1 saturated heterocycles. The van der Waals surface area contributed by atoms with Crippen molar-refractivity contribution in [1.82, 2.24) is 14.0 Å². The van der Waals surface area contributed by atoms with Gasteiger partial charge in [0, 0.05) is 50.0 Å². The van der Waals surface area contributed by atoms with Crippen molar-refractivity contribution in [2.45, 2.75) is 38.8 Å². The van der Waals surface area contributed by atoms with Crippen molar-refractivity contribution in [3.05, 3.63) is 133 Å². The van der Waals surface area contributed by atoms with Crippen LogP contribution < -0.4 is 21.9 Å². The molecule has 1 aromatic heterocycles. The molecule has 4 aromatic rings. The Bertz CT molecular complexity index is 1840. The molecule has 45 heavy (non-hydrogen) atoms. The summed E-state index contributed by atoms with van der Waals surface area (Å²) in [6.45, 7) is 2.85. The Hall–Kier alpha value is -4.73. The van der Waals surface area contributed by atoms with Crippen LogP contribution >= 0.6 is 0 Å². The van der Waals surface area contributed by atoms with E-state index in [1.54, 1.807) is 47.4 Å². The van der Waals surface area contributed by atoms with Gasteiger partial charge in [-0.3, -0.25) is 18.8 Å². The number of nitrogens with zero attached hydrogens (tertiary/aromatic N) is 5. The van der Waals surface area contributed by atoms with Crippen LogP contribution in [0.4, 0.5) is 23.2 Å². The standard InChI is InChI=1S/C33H32F4N6O2/c1-22-30(41-16-14-40(15-17-41)19-25-11-6-5-10-24(25)18-38)31(44)43(21-29(39)23-8-3-2-4-9-23)32(45)42(22)20-26-27(33(35,36)37)12-7-13-28(26)34/h2-13,29H,14-17,19-21,39H2,1H3/t29-/m0/s1. The summed E-state index contributed by atoms with van der Waals surface area (Å²) in [5.41, 5.74) is 5.41. The van der Waals surface area contributed by atoms with E-state index in [1.807, 2.05) is 12.1 Å². The molecule has 0 bridgehead atoms. The zero-order chi connectivity index (χ0) is 32.3. The van der Waals surface area contributed by atoms with Crippen molar-refractivity contribution >= 4 is 5.69 Å². The van der Waals surface area contributed by atoms with Crippen LogP contribution in [-0.4, -0.2) is 40.2 Å². The van der Waals surface area contributed by atoms with Crippen molar-refractivity contribution in [1.29, 1.82) is 5.26 Å². The highest BCUT2D eigenvalue weighted by Crippen LogP contribution is 2.33. The van der Waals surface area contributed by atoms with Gasteiger partial charge >= 0.3 is 11.9 Å². The number of alkyl halides is 3. The molecule has 5 rings (SSSR count). The highest BCUT2D eigenvalue weighted by Gasteiger charge is 2.35. The lowest BCUT2D eigenvalue weighted by Gasteiger charge is -2.37. The summed E-state index contributed by atoms with van der Waals surface area (Å²) >= 11 is 0. The highest BCUT2D eigenvalue weighted by atomic mass is 19.4. The molecule has 0 radical (unpaired) electrons. The van der Waals surface area contributed by atoms with Crippen molar-refractivity contribution < 1.29 is 17.6 Å². The number of hydrogen-bond acceptors (Lipinski definition) is 6. The van der Waals surface area contributed by atoms with E-state index in [0.717, 1.165) is 32.9 Å². The topological polar surface area (TPSA) is 100 Å². The van der Waals surface area contributed by atoms with Crippen molar-refractivity contribution in [3.8, 4) is 6.07 Å². The monoisotopic (exact) mass is 620 g/mol. The third-order valence-corrected chi connectivity index (χ3v) is 8.22. The molecule has 2 heterocycles. The highest BCUT2D eigenvalue weighted by molar-refractivity contribution is 5.50. The average Bonchev–Trinajstić information content (AvgIpc) is 3.03. The Morgan fingerprint density at radius 3 is 2.22 bits per heavy atom. The van der Waals surface area contributed by atoms with Crippen LogP contribution in [-0.2, 0) is 25.8 Å². The molecule has 234 valence electrons. The van der Waals surface area contributed by atoms with E-state index < -0.39 is 47.0 Å². The van der Waals surface area contributed by atoms with Gasteiger partial charge in [-0.25, -0.2) is 9.18 Å². The number of nitriles is 1. The normalized spacial score (nSPS) is 14.7. The minimum absolute atomic E-state index is 0.134. The third-order valence-electron chi connectivity index (χ3n) is 8.22. The fourth-order valence-electron chi connectivity index (χ4n) is 5.78. The van der Waals surface area contributed by atoms with E-state index in [0.29, 0.717) is 43.9 Å². The second-order valence-electron chi connectivity index (χ2n) is 11.0. The summed E-state index contributed by atoms with van der Waals surface area (Å²) in [6, 6.07) is 20.2. The lowest BCUT2D eigenvalue weighted by Crippen LogP contribution is -2.51. The number of nitrogens with two attached hydrogens (primary N) is 1. The summed E-state index contributed by atoms with van der Waals surface area (Å²) in [5, 5.41) is 9.46. The molecule has 0 unspecified atom stereocenters. The Labute approximate surface area is 257 Å². The first-order valence-corrected chi connectivity index (χ1v) is 14.4. The van der Waals surface area contributed by atoms with Crippen LogP contribution in [0.5, 0.6) is 0 Å². The quantitative estimate of drug-likeness (QED) is 0.293. The van der Waals surface area contributed by atoms with Crippen molar-refractivity contribution in [2.24, 2.45) is 5.73 Å². The lowest BCUT2D eigenvalue weighted by molar-refractivity contribution is -0.138. The maximum atomic E-state index is 14.9. The molecule has 8 nitrogen and oxygen atoms in total. The maximum absolute atomic E-state index is 14.9. The summed E-state index contributed by atoms with van der Waals surface area (Å²) in [7, 11) is 0. The summed E-state index contributed by atoms with van der Waals surface area (Å²) in [6.07, 6.45) is -4.86. The van der Waals surface area contributed by atoms with E-state index in [4.69, 9.17) is 5.73 Å². The maximum Gasteiger partial charge on any atom is 0.416 e. The predicted octanol–water partition coefficient (Wildman–Crippen LogP) is 4.42. The molecule has 0 amide bonds. The van der Waals surface area contributed by atoms with Crippen LogP contribution in [0.25, 0.3) is 0 Å². The Balaban J connectivity index is 1.54. The zero-order valence-corrected chi connectivity index (χ0v) is 24.6. The van der Waals surface area contributed by atoms with Crippen molar-refractivity contribution in [2.75, 3.05) is 31.1 Å². The first-order valence-electron chi connectivity index (χ1n) is 14.4. The lowest BCUT2D eigenvalue weighted by atomic mass is 10.1. The number of benzene rings is 3. The van der Waals surface area contributed by atoms with Gasteiger partial charge in [-0.2, -0.15) is 18.4 Å². The summed E-state index contributed by atoms with van der Waals surface area (Å²) in [4.78, 5) is 31.7. The molecule has 1 aliphatic heterocycles. The number of aromatic nitrogens is 2. The molecule has 0 spiro atoms. The van der Waals surface area contributed by atoms with E-state index in [1.165, 1.54) is 6.92 Å². The number of hydrogen-bond donors (Lipinski definition) is 1. The smallest absolute Gasteiger partial charge is 0.363 e.